The first-order valence-corrected chi connectivity index (χ1v) is 7.34. The zero-order valence-corrected chi connectivity index (χ0v) is 16.5. The molecule has 0 bridgehead atoms. The quantitative estimate of drug-likeness (QED) is 0.498. The molecule has 0 radical (unpaired) electrons. The summed E-state index contributed by atoms with van der Waals surface area (Å²) in [4.78, 5) is 6.02. The molecular weight excluding hydrogens is 502 g/mol. The van der Waals surface area contributed by atoms with E-state index in [1.165, 1.54) is 0 Å². The largest absolute Gasteiger partial charge is 3.00 e. The fraction of sp³-hybridized carbons (Fsp3) is 0.222. The minimum Gasteiger partial charge on any atom is -0.578 e. The molecule has 0 amide bonds. The van der Waals surface area contributed by atoms with Gasteiger partial charge in [-0.3, -0.25) is 8.78 Å². The Balaban J connectivity index is 0.000000254. The Hall–Kier alpha value is -1.95. The molecule has 0 unspecified atom stereocenters. The van der Waals surface area contributed by atoms with E-state index in [1.54, 1.807) is 24.4 Å². The summed E-state index contributed by atoms with van der Waals surface area (Å²) in [5.74, 6) is -1.29. The molecule has 0 aliphatic rings. The monoisotopic (exact) mass is 521 g/mol. The van der Waals surface area contributed by atoms with E-state index in [1.807, 2.05) is 27.1 Å². The first-order valence-electron chi connectivity index (χ1n) is 7.34. The summed E-state index contributed by atoms with van der Waals surface area (Å²) < 4.78 is 25.8. The predicted molar refractivity (Wildman–Crippen MR) is 88.1 cm³/mol. The molecule has 0 N–H and O–H groups in total. The predicted octanol–water partition coefficient (Wildman–Crippen LogP) is 3.23. The van der Waals surface area contributed by atoms with E-state index in [9.17, 15) is 8.78 Å². The van der Waals surface area contributed by atoms with Gasteiger partial charge in [0.1, 0.15) is 0 Å². The molecule has 1 aromatic carbocycles. The zero-order valence-electron chi connectivity index (χ0n) is 14.1. The Morgan fingerprint density at radius 2 is 1.96 bits per heavy atom. The van der Waals surface area contributed by atoms with Crippen LogP contribution in [0.25, 0.3) is 11.3 Å². The van der Waals surface area contributed by atoms with Crippen LogP contribution in [-0.4, -0.2) is 29.1 Å². The summed E-state index contributed by atoms with van der Waals surface area (Å²) in [5.41, 5.74) is 2.68. The molecule has 3 aromatic rings. The molecule has 0 saturated heterocycles. The van der Waals surface area contributed by atoms with E-state index in [4.69, 9.17) is 0 Å². The molecule has 2 heterocycles. The Labute approximate surface area is 159 Å². The van der Waals surface area contributed by atoms with Crippen molar-refractivity contribution in [3.05, 3.63) is 71.7 Å². The Bertz CT molecular complexity index is 776. The molecule has 7 heteroatoms. The van der Waals surface area contributed by atoms with Crippen LogP contribution >= 0.6 is 0 Å². The maximum Gasteiger partial charge on any atom is 3.00 e. The fourth-order valence-corrected chi connectivity index (χ4v) is 2.00. The molecular formula is C18H18F2IrN4+. The van der Waals surface area contributed by atoms with Crippen molar-refractivity contribution in [1.29, 1.82) is 0 Å². The molecule has 132 valence electrons. The molecule has 0 spiro atoms. The van der Waals surface area contributed by atoms with Crippen molar-refractivity contribution >= 4 is 0 Å². The number of rotatable bonds is 3. The van der Waals surface area contributed by atoms with Gasteiger partial charge in [0.15, 0.2) is 0 Å². The van der Waals surface area contributed by atoms with Crippen molar-refractivity contribution in [3.8, 4) is 11.3 Å². The second-order valence-corrected chi connectivity index (χ2v) is 5.47. The standard InChI is InChI=1S/C11H6F2N.C7H12N3.Ir/c12-8-4-5-9(10(13)7-8)11-3-1-2-6-14-11;1-6-4-7(9-8-6)5-10(2)3;/h1-4,6-7H;4H,5H2,1-3H3;/q2*-1;+3. The third-order valence-corrected chi connectivity index (χ3v) is 2.97. The average molecular weight is 521 g/mol. The van der Waals surface area contributed by atoms with Gasteiger partial charge in [-0.05, 0) is 32.8 Å². The molecule has 0 aliphatic heterocycles. The summed E-state index contributed by atoms with van der Waals surface area (Å²) in [5, 5.41) is 7.86. The summed E-state index contributed by atoms with van der Waals surface area (Å²) in [6.45, 7) is 2.83. The van der Waals surface area contributed by atoms with Crippen molar-refractivity contribution in [2.45, 2.75) is 13.5 Å². The summed E-state index contributed by atoms with van der Waals surface area (Å²) in [6.07, 6.45) is 1.55. The molecule has 25 heavy (non-hydrogen) atoms. The number of pyridine rings is 1. The Morgan fingerprint density at radius 1 is 1.20 bits per heavy atom. The maximum absolute atomic E-state index is 13.2. The van der Waals surface area contributed by atoms with Gasteiger partial charge in [-0.25, -0.2) is 0 Å². The minimum atomic E-state index is -0.649. The third-order valence-electron chi connectivity index (χ3n) is 2.97. The van der Waals surface area contributed by atoms with Crippen LogP contribution in [0.2, 0.25) is 0 Å². The van der Waals surface area contributed by atoms with Crippen molar-refractivity contribution in [1.82, 2.24) is 20.1 Å². The van der Waals surface area contributed by atoms with Gasteiger partial charge in [0.25, 0.3) is 0 Å². The van der Waals surface area contributed by atoms with Crippen LogP contribution in [0, 0.1) is 24.6 Å². The van der Waals surface area contributed by atoms with Gasteiger partial charge in [0.05, 0.1) is 0 Å². The van der Waals surface area contributed by atoms with Crippen LogP contribution < -0.4 is 5.10 Å². The van der Waals surface area contributed by atoms with Crippen molar-refractivity contribution in [2.24, 2.45) is 0 Å². The number of hydrogen-bond donors (Lipinski definition) is 0. The number of nitrogens with zero attached hydrogens (tertiary/aromatic N) is 4. The van der Waals surface area contributed by atoms with Gasteiger partial charge < -0.3 is 20.1 Å². The second kappa shape index (κ2) is 10.1. The van der Waals surface area contributed by atoms with Crippen LogP contribution in [0.3, 0.4) is 0 Å². The van der Waals surface area contributed by atoms with Crippen LogP contribution in [0.15, 0.2) is 42.6 Å². The van der Waals surface area contributed by atoms with Crippen LogP contribution in [-0.2, 0) is 26.7 Å². The van der Waals surface area contributed by atoms with Crippen molar-refractivity contribution in [2.75, 3.05) is 14.1 Å². The summed E-state index contributed by atoms with van der Waals surface area (Å²) in [7, 11) is 4.04. The minimum absolute atomic E-state index is 0. The topological polar surface area (TPSA) is 43.1 Å². The first-order chi connectivity index (χ1) is 11.5. The Kier molecular flexibility index (Phi) is 8.55. The van der Waals surface area contributed by atoms with Gasteiger partial charge >= 0.3 is 20.1 Å². The van der Waals surface area contributed by atoms with Crippen LogP contribution in [0.1, 0.15) is 11.4 Å². The maximum atomic E-state index is 13.2. The van der Waals surface area contributed by atoms with Gasteiger partial charge in [-0.1, -0.05) is 29.8 Å². The molecule has 0 aliphatic carbocycles. The van der Waals surface area contributed by atoms with E-state index in [-0.39, 0.29) is 25.7 Å². The smallest absolute Gasteiger partial charge is 0.578 e. The Morgan fingerprint density at radius 3 is 2.48 bits per heavy atom. The summed E-state index contributed by atoms with van der Waals surface area (Å²) >= 11 is 0. The number of aryl methyl sites for hydroxylation is 1. The van der Waals surface area contributed by atoms with E-state index in [0.717, 1.165) is 30.1 Å². The van der Waals surface area contributed by atoms with Gasteiger partial charge in [0.2, 0.25) is 0 Å². The third kappa shape index (κ3) is 6.82. The van der Waals surface area contributed by atoms with Gasteiger partial charge in [-0.15, -0.1) is 17.8 Å². The van der Waals surface area contributed by atoms with Crippen LogP contribution in [0.4, 0.5) is 8.78 Å². The summed E-state index contributed by atoms with van der Waals surface area (Å²) in [6, 6.07) is 11.5. The van der Waals surface area contributed by atoms with Crippen LogP contribution in [0.5, 0.6) is 0 Å². The van der Waals surface area contributed by atoms with Gasteiger partial charge in [-0.2, -0.15) is 0 Å². The van der Waals surface area contributed by atoms with E-state index < -0.39 is 11.6 Å². The average Bonchev–Trinajstić information content (AvgIpc) is 2.93. The molecule has 0 fully saturated rings. The number of aromatic nitrogens is 3. The van der Waals surface area contributed by atoms with Crippen molar-refractivity contribution < 1.29 is 28.9 Å². The molecule has 2 aromatic heterocycles. The van der Waals surface area contributed by atoms with Crippen molar-refractivity contribution in [3.63, 3.8) is 0 Å². The molecule has 3 rings (SSSR count). The fourth-order valence-electron chi connectivity index (χ4n) is 2.00. The number of hydrogen-bond acceptors (Lipinski definition) is 3. The molecule has 0 atom stereocenters. The number of halogens is 2. The zero-order chi connectivity index (χ0) is 17.5. The van der Waals surface area contributed by atoms with E-state index in [2.05, 4.69) is 26.1 Å². The van der Waals surface area contributed by atoms with E-state index in [0.29, 0.717) is 5.69 Å². The number of benzene rings is 1. The normalized spacial score (nSPS) is 10.0. The van der Waals surface area contributed by atoms with Gasteiger partial charge in [0, 0.05) is 30.1 Å². The molecule has 0 saturated carbocycles. The SMILES string of the molecule is Cc1cc(CN(C)C)[n-]n1.Fc1c[c-]c(-c2ccccn2)c(F)c1.[Ir+3]. The second-order valence-electron chi connectivity index (χ2n) is 5.47. The molecule has 4 nitrogen and oxygen atoms in total. The first kappa shape index (κ1) is 21.1. The van der Waals surface area contributed by atoms with E-state index >= 15 is 0 Å².